The first-order chi connectivity index (χ1) is 9.85. The van der Waals surface area contributed by atoms with E-state index in [0.717, 1.165) is 31.4 Å². The van der Waals surface area contributed by atoms with Crippen LogP contribution in [-0.2, 0) is 4.79 Å². The summed E-state index contributed by atoms with van der Waals surface area (Å²) in [6.45, 7) is 11.2. The highest BCUT2D eigenvalue weighted by molar-refractivity contribution is 14.0. The normalized spacial score (nSPS) is 23.5. The number of likely N-dealkylation sites (tertiary alicyclic amines) is 1. The largest absolute Gasteiger partial charge is 0.354 e. The molecule has 0 bridgehead atoms. The van der Waals surface area contributed by atoms with Gasteiger partial charge in [0.2, 0.25) is 5.91 Å². The zero-order valence-corrected chi connectivity index (χ0v) is 17.3. The summed E-state index contributed by atoms with van der Waals surface area (Å²) in [5, 5.41) is 3.47. The van der Waals surface area contributed by atoms with Crippen LogP contribution in [0.4, 0.5) is 0 Å². The van der Waals surface area contributed by atoms with Crippen molar-refractivity contribution in [1.29, 1.82) is 0 Å². The van der Waals surface area contributed by atoms with E-state index in [2.05, 4.69) is 42.9 Å². The molecule has 22 heavy (non-hydrogen) atoms. The van der Waals surface area contributed by atoms with E-state index in [9.17, 15) is 4.79 Å². The van der Waals surface area contributed by atoms with E-state index in [4.69, 9.17) is 0 Å². The molecule has 0 aromatic heterocycles. The van der Waals surface area contributed by atoms with E-state index in [0.29, 0.717) is 12.0 Å². The molecule has 0 spiro atoms. The van der Waals surface area contributed by atoms with Crippen molar-refractivity contribution in [3.05, 3.63) is 0 Å². The summed E-state index contributed by atoms with van der Waals surface area (Å²) in [6, 6.07) is 0.368. The topological polar surface area (TPSA) is 47.9 Å². The fourth-order valence-electron chi connectivity index (χ4n) is 2.30. The molecule has 3 atom stereocenters. The average Bonchev–Trinajstić information content (AvgIpc) is 2.45. The summed E-state index contributed by atoms with van der Waals surface area (Å²) in [6.07, 6.45) is 2.23. The minimum absolute atomic E-state index is 0. The van der Waals surface area contributed by atoms with Crippen LogP contribution in [0.1, 0.15) is 40.5 Å². The van der Waals surface area contributed by atoms with Crippen molar-refractivity contribution in [2.45, 2.75) is 46.6 Å². The second kappa shape index (κ2) is 10.3. The van der Waals surface area contributed by atoms with Gasteiger partial charge >= 0.3 is 0 Å². The Morgan fingerprint density at radius 3 is 2.50 bits per heavy atom. The fourth-order valence-corrected chi connectivity index (χ4v) is 2.30. The Hall–Kier alpha value is -0.530. The van der Waals surface area contributed by atoms with Gasteiger partial charge in [0.05, 0.1) is 0 Å². The van der Waals surface area contributed by atoms with E-state index < -0.39 is 0 Å². The van der Waals surface area contributed by atoms with Gasteiger partial charge in [-0.2, -0.15) is 0 Å². The number of guanidine groups is 1. The van der Waals surface area contributed by atoms with Gasteiger partial charge in [-0.05, 0) is 31.6 Å². The third-order valence-corrected chi connectivity index (χ3v) is 4.48. The molecule has 1 aliphatic heterocycles. The molecule has 1 amide bonds. The van der Waals surface area contributed by atoms with E-state index >= 15 is 0 Å². The Bertz CT molecular complexity index is 373. The summed E-state index contributed by atoms with van der Waals surface area (Å²) < 4.78 is 0. The van der Waals surface area contributed by atoms with Crippen molar-refractivity contribution < 1.29 is 4.79 Å². The minimum Gasteiger partial charge on any atom is -0.354 e. The molecule has 1 rings (SSSR count). The summed E-state index contributed by atoms with van der Waals surface area (Å²) in [5.41, 5.74) is 0. The van der Waals surface area contributed by atoms with Crippen LogP contribution in [0.15, 0.2) is 4.99 Å². The van der Waals surface area contributed by atoms with Crippen LogP contribution in [0.2, 0.25) is 0 Å². The van der Waals surface area contributed by atoms with E-state index in [1.165, 1.54) is 6.42 Å². The zero-order chi connectivity index (χ0) is 16.0. The molecule has 1 fully saturated rings. The molecular formula is C16H33IN4O. The number of carbonyl (C=O) groups excluding carboxylic acids is 1. The Balaban J connectivity index is 0.00000441. The van der Waals surface area contributed by atoms with E-state index in [1.807, 2.05) is 0 Å². The van der Waals surface area contributed by atoms with Crippen molar-refractivity contribution in [2.24, 2.45) is 16.8 Å². The first kappa shape index (κ1) is 21.5. The van der Waals surface area contributed by atoms with Crippen molar-refractivity contribution >= 4 is 35.8 Å². The maximum Gasteiger partial charge on any atom is 0.243 e. The molecule has 1 heterocycles. The van der Waals surface area contributed by atoms with E-state index in [-0.39, 0.29) is 36.4 Å². The van der Waals surface area contributed by atoms with Crippen LogP contribution in [0.25, 0.3) is 0 Å². The predicted octanol–water partition coefficient (Wildman–Crippen LogP) is 2.41. The summed E-state index contributed by atoms with van der Waals surface area (Å²) in [4.78, 5) is 20.2. The van der Waals surface area contributed by atoms with Gasteiger partial charge in [-0.15, -0.1) is 24.0 Å². The predicted molar refractivity (Wildman–Crippen MR) is 104 cm³/mol. The monoisotopic (exact) mass is 424 g/mol. The quantitative estimate of drug-likeness (QED) is 0.429. The standard InChI is InChI=1S/C16H32N4O.HI/c1-7-14(4)18-16(17-10-15(21)19(5)6)20-9-8-12(2)13(3)11-20;/h12-14H,7-11H2,1-6H3,(H,17,18);1H. The van der Waals surface area contributed by atoms with Crippen molar-refractivity contribution in [3.63, 3.8) is 0 Å². The molecule has 1 aliphatic rings. The molecule has 0 aromatic rings. The van der Waals surface area contributed by atoms with Gasteiger partial charge in [-0.3, -0.25) is 4.79 Å². The highest BCUT2D eigenvalue weighted by Crippen LogP contribution is 2.22. The lowest BCUT2D eigenvalue weighted by Gasteiger charge is -2.38. The lowest BCUT2D eigenvalue weighted by atomic mass is 9.89. The SMILES string of the molecule is CCC(C)NC(=NCC(=O)N(C)C)N1CCC(C)C(C)C1.I. The zero-order valence-electron chi connectivity index (χ0n) is 14.9. The maximum absolute atomic E-state index is 11.8. The first-order valence-electron chi connectivity index (χ1n) is 8.11. The van der Waals surface area contributed by atoms with Crippen molar-refractivity contribution in [1.82, 2.24) is 15.1 Å². The van der Waals surface area contributed by atoms with Crippen molar-refractivity contribution in [3.8, 4) is 0 Å². The minimum atomic E-state index is 0. The number of piperidine rings is 1. The molecule has 0 saturated carbocycles. The van der Waals surface area contributed by atoms with Gasteiger partial charge < -0.3 is 15.1 Å². The number of nitrogens with zero attached hydrogens (tertiary/aromatic N) is 3. The number of nitrogens with one attached hydrogen (secondary N) is 1. The van der Waals surface area contributed by atoms with Crippen LogP contribution in [0, 0.1) is 11.8 Å². The molecule has 1 N–H and O–H groups in total. The smallest absolute Gasteiger partial charge is 0.243 e. The second-order valence-corrected chi connectivity index (χ2v) is 6.57. The van der Waals surface area contributed by atoms with Crippen LogP contribution in [-0.4, -0.2) is 61.4 Å². The number of aliphatic imine (C=N–C) groups is 1. The maximum atomic E-state index is 11.8. The van der Waals surface area contributed by atoms with Gasteiger partial charge in [0, 0.05) is 33.2 Å². The Labute approximate surface area is 152 Å². The lowest BCUT2D eigenvalue weighted by molar-refractivity contribution is -0.127. The summed E-state index contributed by atoms with van der Waals surface area (Å²) >= 11 is 0. The number of halogens is 1. The number of amides is 1. The summed E-state index contributed by atoms with van der Waals surface area (Å²) in [7, 11) is 3.54. The highest BCUT2D eigenvalue weighted by atomic mass is 127. The lowest BCUT2D eigenvalue weighted by Crippen LogP contribution is -2.50. The summed E-state index contributed by atoms with van der Waals surface area (Å²) in [5.74, 6) is 2.34. The molecule has 0 aromatic carbocycles. The number of hydrogen-bond acceptors (Lipinski definition) is 2. The third-order valence-electron chi connectivity index (χ3n) is 4.48. The molecule has 5 nitrogen and oxygen atoms in total. The first-order valence-corrected chi connectivity index (χ1v) is 8.11. The van der Waals surface area contributed by atoms with Crippen LogP contribution in [0.3, 0.4) is 0 Å². The number of rotatable bonds is 4. The van der Waals surface area contributed by atoms with Gasteiger partial charge in [-0.1, -0.05) is 20.8 Å². The van der Waals surface area contributed by atoms with Gasteiger partial charge in [0.1, 0.15) is 6.54 Å². The van der Waals surface area contributed by atoms with Gasteiger partial charge in [-0.25, -0.2) is 4.99 Å². The van der Waals surface area contributed by atoms with Gasteiger partial charge in [0.15, 0.2) is 5.96 Å². The fraction of sp³-hybridized carbons (Fsp3) is 0.875. The average molecular weight is 424 g/mol. The van der Waals surface area contributed by atoms with E-state index in [1.54, 1.807) is 19.0 Å². The van der Waals surface area contributed by atoms with Crippen LogP contribution >= 0.6 is 24.0 Å². The highest BCUT2D eigenvalue weighted by Gasteiger charge is 2.25. The number of likely N-dealkylation sites (N-methyl/N-ethyl adjacent to an activating group) is 1. The molecule has 130 valence electrons. The van der Waals surface area contributed by atoms with Gasteiger partial charge in [0.25, 0.3) is 0 Å². The molecule has 0 radical (unpaired) electrons. The molecule has 1 saturated heterocycles. The number of hydrogen-bond donors (Lipinski definition) is 1. The van der Waals surface area contributed by atoms with Crippen LogP contribution in [0.5, 0.6) is 0 Å². The molecular weight excluding hydrogens is 391 g/mol. The Kier molecular flexibility index (Phi) is 10.0. The van der Waals surface area contributed by atoms with Crippen molar-refractivity contribution in [2.75, 3.05) is 33.7 Å². The van der Waals surface area contributed by atoms with Crippen LogP contribution < -0.4 is 5.32 Å². The molecule has 3 unspecified atom stereocenters. The molecule has 6 heteroatoms. The Morgan fingerprint density at radius 2 is 2.00 bits per heavy atom. The third kappa shape index (κ3) is 6.71. The number of carbonyl (C=O) groups is 1. The Morgan fingerprint density at radius 1 is 1.36 bits per heavy atom. The molecule has 0 aliphatic carbocycles. The second-order valence-electron chi connectivity index (χ2n) is 6.57.